The Hall–Kier alpha value is -3.01. The van der Waals surface area contributed by atoms with Gasteiger partial charge in [-0.25, -0.2) is 4.68 Å². The van der Waals surface area contributed by atoms with Crippen LogP contribution in [0.25, 0.3) is 11.6 Å². The highest BCUT2D eigenvalue weighted by atomic mass is 32.1. The number of aryl methyl sites for hydroxylation is 1. The standard InChI is InChI=1S/C13H11N5O4S/c1-8-6-11(16-22-8)12-15-17(13(23)21-12)7-14-9-2-4-10(5-3-9)18(19)20/h2-6,14H,7H2,1H3. The number of benzene rings is 1. The van der Waals surface area contributed by atoms with Crippen LogP contribution >= 0.6 is 12.2 Å². The molecule has 3 rings (SSSR count). The van der Waals surface area contributed by atoms with Gasteiger partial charge in [0.15, 0.2) is 5.69 Å². The fourth-order valence-electron chi connectivity index (χ4n) is 1.84. The van der Waals surface area contributed by atoms with E-state index in [0.29, 0.717) is 17.1 Å². The first kappa shape index (κ1) is 14.9. The van der Waals surface area contributed by atoms with E-state index in [-0.39, 0.29) is 23.1 Å². The number of nitro benzene ring substituents is 1. The van der Waals surface area contributed by atoms with E-state index in [0.717, 1.165) is 0 Å². The lowest BCUT2D eigenvalue weighted by atomic mass is 10.3. The summed E-state index contributed by atoms with van der Waals surface area (Å²) in [6.07, 6.45) is 0. The van der Waals surface area contributed by atoms with Crippen LogP contribution in [0.15, 0.2) is 39.3 Å². The Labute approximate surface area is 134 Å². The van der Waals surface area contributed by atoms with Crippen LogP contribution in [-0.2, 0) is 6.67 Å². The summed E-state index contributed by atoms with van der Waals surface area (Å²) >= 11 is 5.10. The van der Waals surface area contributed by atoms with Crippen LogP contribution in [0, 0.1) is 21.9 Å². The normalized spacial score (nSPS) is 10.7. The van der Waals surface area contributed by atoms with E-state index in [1.165, 1.54) is 16.8 Å². The minimum atomic E-state index is -0.455. The van der Waals surface area contributed by atoms with Gasteiger partial charge < -0.3 is 14.3 Å². The van der Waals surface area contributed by atoms with Crippen molar-refractivity contribution in [2.75, 3.05) is 5.32 Å². The molecule has 0 aliphatic carbocycles. The van der Waals surface area contributed by atoms with Crippen molar-refractivity contribution in [3.05, 3.63) is 51.0 Å². The summed E-state index contributed by atoms with van der Waals surface area (Å²) < 4.78 is 11.8. The summed E-state index contributed by atoms with van der Waals surface area (Å²) in [5, 5.41) is 21.7. The molecule has 0 radical (unpaired) electrons. The first-order chi connectivity index (χ1) is 11.0. The minimum absolute atomic E-state index is 0.0253. The largest absolute Gasteiger partial charge is 0.407 e. The van der Waals surface area contributed by atoms with E-state index >= 15 is 0 Å². The first-order valence-corrected chi connectivity index (χ1v) is 6.94. The van der Waals surface area contributed by atoms with Gasteiger partial charge in [0, 0.05) is 23.9 Å². The molecule has 1 N–H and O–H groups in total. The molecule has 0 unspecified atom stereocenters. The van der Waals surface area contributed by atoms with Gasteiger partial charge in [-0.2, -0.15) is 0 Å². The molecule has 2 heterocycles. The van der Waals surface area contributed by atoms with E-state index in [1.54, 1.807) is 25.1 Å². The highest BCUT2D eigenvalue weighted by Crippen LogP contribution is 2.18. The van der Waals surface area contributed by atoms with Crippen LogP contribution in [0.1, 0.15) is 5.76 Å². The summed E-state index contributed by atoms with van der Waals surface area (Å²) in [6, 6.07) is 7.71. The third kappa shape index (κ3) is 3.26. The van der Waals surface area contributed by atoms with Gasteiger partial charge in [-0.05, 0) is 31.3 Å². The average molecular weight is 333 g/mol. The number of nitrogens with zero attached hydrogens (tertiary/aromatic N) is 4. The molecule has 0 saturated carbocycles. The molecular formula is C13H11N5O4S. The van der Waals surface area contributed by atoms with E-state index in [2.05, 4.69) is 15.6 Å². The van der Waals surface area contributed by atoms with Crippen LogP contribution in [0.5, 0.6) is 0 Å². The molecule has 23 heavy (non-hydrogen) atoms. The number of aromatic nitrogens is 3. The lowest BCUT2D eigenvalue weighted by Crippen LogP contribution is -2.09. The molecule has 1 aromatic carbocycles. The van der Waals surface area contributed by atoms with Crippen LogP contribution in [0.2, 0.25) is 0 Å². The van der Waals surface area contributed by atoms with Gasteiger partial charge in [0.25, 0.3) is 16.4 Å². The molecule has 10 heteroatoms. The molecular weight excluding hydrogens is 322 g/mol. The van der Waals surface area contributed by atoms with Crippen LogP contribution in [-0.4, -0.2) is 19.9 Å². The Morgan fingerprint density at radius 2 is 2.13 bits per heavy atom. The van der Waals surface area contributed by atoms with E-state index < -0.39 is 4.92 Å². The van der Waals surface area contributed by atoms with Gasteiger partial charge in [0.2, 0.25) is 0 Å². The molecule has 0 bridgehead atoms. The fraction of sp³-hybridized carbons (Fsp3) is 0.154. The maximum absolute atomic E-state index is 10.6. The topological polar surface area (TPSA) is 112 Å². The smallest absolute Gasteiger partial charge is 0.289 e. The van der Waals surface area contributed by atoms with Crippen LogP contribution < -0.4 is 5.32 Å². The number of nitro groups is 1. The highest BCUT2D eigenvalue weighted by molar-refractivity contribution is 7.71. The second-order valence-corrected chi connectivity index (χ2v) is 4.98. The molecule has 0 amide bonds. The van der Waals surface area contributed by atoms with Gasteiger partial charge in [0.1, 0.15) is 12.4 Å². The SMILES string of the molecule is Cc1cc(-c2nn(CNc3ccc([N+](=O)[O-])cc3)c(=S)o2)no1. The maximum Gasteiger partial charge on any atom is 0.289 e. The molecule has 118 valence electrons. The number of hydrogen-bond acceptors (Lipinski definition) is 8. The number of rotatable bonds is 5. The van der Waals surface area contributed by atoms with Gasteiger partial charge in [-0.1, -0.05) is 5.16 Å². The van der Waals surface area contributed by atoms with Crippen molar-refractivity contribution in [2.45, 2.75) is 13.6 Å². The Kier molecular flexibility index (Phi) is 3.89. The number of non-ortho nitro benzene ring substituents is 1. The zero-order chi connectivity index (χ0) is 16.4. The fourth-order valence-corrected chi connectivity index (χ4v) is 2.03. The number of nitrogens with one attached hydrogen (secondary N) is 1. The number of hydrogen-bond donors (Lipinski definition) is 1. The second-order valence-electron chi connectivity index (χ2n) is 4.63. The van der Waals surface area contributed by atoms with Crippen LogP contribution in [0.4, 0.5) is 11.4 Å². The number of anilines is 1. The monoisotopic (exact) mass is 333 g/mol. The molecule has 3 aromatic rings. The predicted octanol–water partition coefficient (Wildman–Crippen LogP) is 3.15. The molecule has 2 aromatic heterocycles. The average Bonchev–Trinajstić information content (AvgIpc) is 3.11. The molecule has 9 nitrogen and oxygen atoms in total. The van der Waals surface area contributed by atoms with Crippen molar-refractivity contribution in [1.82, 2.24) is 14.9 Å². The third-order valence-electron chi connectivity index (χ3n) is 2.96. The highest BCUT2D eigenvalue weighted by Gasteiger charge is 2.12. The molecule has 0 aliphatic rings. The van der Waals surface area contributed by atoms with Gasteiger partial charge in [-0.15, -0.1) is 5.10 Å². The maximum atomic E-state index is 10.6. The van der Waals surface area contributed by atoms with Crippen molar-refractivity contribution in [3.63, 3.8) is 0 Å². The second kappa shape index (κ2) is 6.01. The minimum Gasteiger partial charge on any atom is -0.407 e. The van der Waals surface area contributed by atoms with Crippen molar-refractivity contribution >= 4 is 23.6 Å². The van der Waals surface area contributed by atoms with Crippen molar-refractivity contribution in [2.24, 2.45) is 0 Å². The lowest BCUT2D eigenvalue weighted by Gasteiger charge is -2.04. The Morgan fingerprint density at radius 1 is 1.39 bits per heavy atom. The summed E-state index contributed by atoms with van der Waals surface area (Å²) in [5.41, 5.74) is 1.18. The van der Waals surface area contributed by atoms with E-state index in [4.69, 9.17) is 21.2 Å². The summed E-state index contributed by atoms with van der Waals surface area (Å²) in [7, 11) is 0. The van der Waals surface area contributed by atoms with E-state index in [9.17, 15) is 10.1 Å². The molecule has 0 spiro atoms. The van der Waals surface area contributed by atoms with Gasteiger partial charge in [0.05, 0.1) is 4.92 Å². The van der Waals surface area contributed by atoms with E-state index in [1.807, 2.05) is 0 Å². The zero-order valence-electron chi connectivity index (χ0n) is 11.9. The van der Waals surface area contributed by atoms with Crippen molar-refractivity contribution in [1.29, 1.82) is 0 Å². The first-order valence-electron chi connectivity index (χ1n) is 6.53. The Balaban J connectivity index is 1.72. The van der Waals surface area contributed by atoms with Gasteiger partial charge in [-0.3, -0.25) is 10.1 Å². The van der Waals surface area contributed by atoms with Crippen molar-refractivity contribution < 1.29 is 13.9 Å². The summed E-state index contributed by atoms with van der Waals surface area (Å²) in [4.78, 5) is 10.3. The summed E-state index contributed by atoms with van der Waals surface area (Å²) in [6.45, 7) is 2.01. The predicted molar refractivity (Wildman–Crippen MR) is 82.3 cm³/mol. The zero-order valence-corrected chi connectivity index (χ0v) is 12.7. The quantitative estimate of drug-likeness (QED) is 0.430. The van der Waals surface area contributed by atoms with Gasteiger partial charge >= 0.3 is 0 Å². The Morgan fingerprint density at radius 3 is 2.74 bits per heavy atom. The summed E-state index contributed by atoms with van der Waals surface area (Å²) in [5.74, 6) is 0.900. The van der Waals surface area contributed by atoms with Crippen molar-refractivity contribution in [3.8, 4) is 11.6 Å². The molecule has 0 saturated heterocycles. The van der Waals surface area contributed by atoms with Crippen LogP contribution in [0.3, 0.4) is 0 Å². The molecule has 0 fully saturated rings. The molecule has 0 aliphatic heterocycles. The third-order valence-corrected chi connectivity index (χ3v) is 3.26. The molecule has 0 atom stereocenters. The Bertz CT molecular complexity index is 896. The lowest BCUT2D eigenvalue weighted by molar-refractivity contribution is -0.384.